The van der Waals surface area contributed by atoms with Gasteiger partial charge in [0.2, 0.25) is 0 Å². The molecule has 0 saturated heterocycles. The molecule has 0 radical (unpaired) electrons. The molecule has 20 heavy (non-hydrogen) atoms. The number of hydrogen-bond acceptors (Lipinski definition) is 3. The maximum atomic E-state index is 12.5. The number of hydrogen-bond donors (Lipinski definition) is 0. The van der Waals surface area contributed by atoms with E-state index in [1.165, 1.54) is 18.3 Å². The number of carbonyl (C=O) groups excluding carboxylic acids is 1. The second-order valence-corrected chi connectivity index (χ2v) is 4.78. The summed E-state index contributed by atoms with van der Waals surface area (Å²) in [5.41, 5.74) is -0.239. The average molecular weight is 281 g/mol. The van der Waals surface area contributed by atoms with Gasteiger partial charge in [-0.15, -0.1) is 0 Å². The van der Waals surface area contributed by atoms with Crippen LogP contribution in [0.3, 0.4) is 0 Å². The number of nitrogens with zero attached hydrogens (tertiary/aromatic N) is 1. The number of rotatable bonds is 3. The highest BCUT2D eigenvalue weighted by Gasteiger charge is 2.33. The quantitative estimate of drug-likeness (QED) is 0.804. The molecule has 0 amide bonds. The highest BCUT2D eigenvalue weighted by atomic mass is 19.4. The Morgan fingerprint density at radius 1 is 1.20 bits per heavy atom. The first kappa shape index (κ1) is 12.9. The third kappa shape index (κ3) is 2.33. The Balaban J connectivity index is 1.89. The number of carbonyl (C=O) groups is 1. The Kier molecular flexibility index (Phi) is 2.88. The van der Waals surface area contributed by atoms with Crippen molar-refractivity contribution in [3.63, 3.8) is 0 Å². The van der Waals surface area contributed by atoms with Crippen LogP contribution in [0.15, 0.2) is 35.0 Å². The molecule has 0 atom stereocenters. The van der Waals surface area contributed by atoms with Crippen LogP contribution in [-0.2, 0) is 6.18 Å². The number of alkyl halides is 3. The van der Waals surface area contributed by atoms with Crippen LogP contribution in [0.5, 0.6) is 0 Å². The maximum Gasteiger partial charge on any atom is 0.416 e. The number of aromatic nitrogens is 1. The minimum atomic E-state index is -4.40. The second kappa shape index (κ2) is 4.47. The van der Waals surface area contributed by atoms with Gasteiger partial charge < -0.3 is 4.52 Å². The molecular formula is C14H10F3NO2. The van der Waals surface area contributed by atoms with Gasteiger partial charge >= 0.3 is 6.18 Å². The van der Waals surface area contributed by atoms with Crippen molar-refractivity contribution in [2.24, 2.45) is 0 Å². The molecule has 1 aliphatic rings. The Bertz CT molecular complexity index is 639. The predicted molar refractivity (Wildman–Crippen MR) is 63.4 cm³/mol. The van der Waals surface area contributed by atoms with Gasteiger partial charge in [-0.05, 0) is 25.0 Å². The van der Waals surface area contributed by atoms with Crippen LogP contribution in [0.4, 0.5) is 13.2 Å². The molecule has 1 saturated carbocycles. The third-order valence-electron chi connectivity index (χ3n) is 3.27. The molecule has 1 heterocycles. The van der Waals surface area contributed by atoms with E-state index in [9.17, 15) is 18.0 Å². The summed E-state index contributed by atoms with van der Waals surface area (Å²) in [4.78, 5) is 12.2. The van der Waals surface area contributed by atoms with E-state index in [4.69, 9.17) is 4.52 Å². The van der Waals surface area contributed by atoms with Crippen molar-refractivity contribution < 1.29 is 22.5 Å². The number of halogens is 3. The minimum absolute atomic E-state index is 0.197. The maximum absolute atomic E-state index is 12.5. The molecule has 1 fully saturated rings. The number of ketones is 1. The van der Waals surface area contributed by atoms with E-state index in [-0.39, 0.29) is 17.3 Å². The summed E-state index contributed by atoms with van der Waals surface area (Å²) in [6, 6.07) is 4.15. The van der Waals surface area contributed by atoms with Gasteiger partial charge in [-0.25, -0.2) is 0 Å². The first-order valence-corrected chi connectivity index (χ1v) is 6.13. The van der Waals surface area contributed by atoms with Crippen LogP contribution < -0.4 is 0 Å². The van der Waals surface area contributed by atoms with Gasteiger partial charge in [0.15, 0.2) is 11.5 Å². The lowest BCUT2D eigenvalue weighted by Crippen LogP contribution is -2.07. The lowest BCUT2D eigenvalue weighted by Gasteiger charge is -2.07. The highest BCUT2D eigenvalue weighted by molar-refractivity contribution is 6.09. The van der Waals surface area contributed by atoms with E-state index in [0.717, 1.165) is 25.0 Å². The molecular weight excluding hydrogens is 271 g/mol. The SMILES string of the molecule is O=C(c1ccc(C(F)(F)F)cc1)c1cnoc1C1CC1. The lowest BCUT2D eigenvalue weighted by molar-refractivity contribution is -0.137. The highest BCUT2D eigenvalue weighted by Crippen LogP contribution is 2.42. The van der Waals surface area contributed by atoms with Crippen LogP contribution in [-0.4, -0.2) is 10.9 Å². The number of benzene rings is 1. The first-order chi connectivity index (χ1) is 9.47. The molecule has 3 rings (SSSR count). The fourth-order valence-electron chi connectivity index (χ4n) is 2.03. The normalized spacial score (nSPS) is 15.3. The zero-order valence-corrected chi connectivity index (χ0v) is 10.3. The predicted octanol–water partition coefficient (Wildman–Crippen LogP) is 3.80. The van der Waals surface area contributed by atoms with E-state index in [2.05, 4.69) is 5.16 Å². The average Bonchev–Trinajstić information content (AvgIpc) is 3.15. The molecule has 0 aliphatic heterocycles. The Morgan fingerprint density at radius 3 is 2.40 bits per heavy atom. The molecule has 0 spiro atoms. The third-order valence-corrected chi connectivity index (χ3v) is 3.27. The van der Waals surface area contributed by atoms with Gasteiger partial charge in [-0.3, -0.25) is 4.79 Å². The summed E-state index contributed by atoms with van der Waals surface area (Å²) in [6.07, 6.45) is -1.18. The first-order valence-electron chi connectivity index (χ1n) is 6.13. The Hall–Kier alpha value is -2.11. The van der Waals surface area contributed by atoms with Gasteiger partial charge in [0.05, 0.1) is 17.3 Å². The van der Waals surface area contributed by atoms with Crippen molar-refractivity contribution in [3.05, 3.63) is 52.9 Å². The van der Waals surface area contributed by atoms with E-state index < -0.39 is 11.7 Å². The molecule has 0 unspecified atom stereocenters. The van der Waals surface area contributed by atoms with Crippen LogP contribution in [0.2, 0.25) is 0 Å². The summed E-state index contributed by atoms with van der Waals surface area (Å²) in [7, 11) is 0. The summed E-state index contributed by atoms with van der Waals surface area (Å²) in [5, 5.41) is 3.61. The van der Waals surface area contributed by atoms with E-state index in [0.29, 0.717) is 11.3 Å². The van der Waals surface area contributed by atoms with E-state index >= 15 is 0 Å². The molecule has 3 nitrogen and oxygen atoms in total. The van der Waals surface area contributed by atoms with Gasteiger partial charge in [0.1, 0.15) is 0 Å². The minimum Gasteiger partial charge on any atom is -0.360 e. The molecule has 1 aromatic carbocycles. The zero-order valence-electron chi connectivity index (χ0n) is 10.3. The summed E-state index contributed by atoms with van der Waals surface area (Å²) >= 11 is 0. The van der Waals surface area contributed by atoms with Crippen molar-refractivity contribution in [1.82, 2.24) is 5.16 Å². The van der Waals surface area contributed by atoms with Crippen molar-refractivity contribution in [3.8, 4) is 0 Å². The van der Waals surface area contributed by atoms with Crippen molar-refractivity contribution in [2.45, 2.75) is 24.9 Å². The Labute approximate surface area is 112 Å². The van der Waals surface area contributed by atoms with Crippen molar-refractivity contribution >= 4 is 5.78 Å². The van der Waals surface area contributed by atoms with Crippen molar-refractivity contribution in [1.29, 1.82) is 0 Å². The Morgan fingerprint density at radius 2 is 1.85 bits per heavy atom. The fraction of sp³-hybridized carbons (Fsp3) is 0.286. The van der Waals surface area contributed by atoms with Gasteiger partial charge in [0, 0.05) is 11.5 Å². The largest absolute Gasteiger partial charge is 0.416 e. The fourth-order valence-corrected chi connectivity index (χ4v) is 2.03. The lowest BCUT2D eigenvalue weighted by atomic mass is 10.0. The molecule has 1 aliphatic carbocycles. The molecule has 0 bridgehead atoms. The van der Waals surface area contributed by atoms with Crippen LogP contribution in [0.1, 0.15) is 46.0 Å². The van der Waals surface area contributed by atoms with Gasteiger partial charge in [-0.1, -0.05) is 17.3 Å². The molecule has 104 valence electrons. The zero-order chi connectivity index (χ0) is 14.3. The van der Waals surface area contributed by atoms with Crippen LogP contribution >= 0.6 is 0 Å². The van der Waals surface area contributed by atoms with E-state index in [1.54, 1.807) is 0 Å². The summed E-state index contributed by atoms with van der Waals surface area (Å²) in [6.45, 7) is 0. The van der Waals surface area contributed by atoms with Gasteiger partial charge in [0.25, 0.3) is 0 Å². The topological polar surface area (TPSA) is 43.1 Å². The summed E-state index contributed by atoms with van der Waals surface area (Å²) in [5.74, 6) is 0.391. The standard InChI is InChI=1S/C14H10F3NO2/c15-14(16,17)10-5-3-8(4-6-10)12(19)11-7-18-20-13(11)9-1-2-9/h3-7,9H,1-2H2. The van der Waals surface area contributed by atoms with Crippen LogP contribution in [0, 0.1) is 0 Å². The molecule has 6 heteroatoms. The smallest absolute Gasteiger partial charge is 0.360 e. The molecule has 2 aromatic rings. The van der Waals surface area contributed by atoms with Gasteiger partial charge in [-0.2, -0.15) is 13.2 Å². The molecule has 0 N–H and O–H groups in total. The van der Waals surface area contributed by atoms with Crippen LogP contribution in [0.25, 0.3) is 0 Å². The monoisotopic (exact) mass is 281 g/mol. The second-order valence-electron chi connectivity index (χ2n) is 4.78. The van der Waals surface area contributed by atoms with E-state index in [1.807, 2.05) is 0 Å². The van der Waals surface area contributed by atoms with Crippen molar-refractivity contribution in [2.75, 3.05) is 0 Å². The molecule has 1 aromatic heterocycles. The summed E-state index contributed by atoms with van der Waals surface area (Å²) < 4.78 is 42.4.